The normalized spacial score (nSPS) is 12.8. The molecule has 1 aromatic heterocycles. The minimum atomic E-state index is -4.40. The van der Waals surface area contributed by atoms with Crippen LogP contribution in [0.1, 0.15) is 35.3 Å². The van der Waals surface area contributed by atoms with Gasteiger partial charge in [0.25, 0.3) is 0 Å². The fourth-order valence-electron chi connectivity index (χ4n) is 2.41. The molecule has 0 bridgehead atoms. The maximum absolute atomic E-state index is 12.7. The number of carbonyl (C=O) groups is 1. The van der Waals surface area contributed by atoms with Crippen LogP contribution in [0.2, 0.25) is 0 Å². The highest BCUT2D eigenvalue weighted by Crippen LogP contribution is 2.29. The highest BCUT2D eigenvalue weighted by atomic mass is 19.4. The van der Waals surface area contributed by atoms with E-state index in [-0.39, 0.29) is 12.6 Å². The van der Waals surface area contributed by atoms with Crippen molar-refractivity contribution in [3.63, 3.8) is 0 Å². The molecule has 0 aliphatic heterocycles. The Morgan fingerprint density at radius 2 is 2.08 bits per heavy atom. The van der Waals surface area contributed by atoms with Crippen LogP contribution >= 0.6 is 0 Å². The Labute approximate surface area is 137 Å². The first-order valence-electron chi connectivity index (χ1n) is 7.37. The molecule has 2 amide bonds. The van der Waals surface area contributed by atoms with E-state index in [0.717, 1.165) is 23.4 Å². The fourth-order valence-corrected chi connectivity index (χ4v) is 2.41. The van der Waals surface area contributed by atoms with E-state index >= 15 is 0 Å². The predicted molar refractivity (Wildman–Crippen MR) is 83.2 cm³/mol. The van der Waals surface area contributed by atoms with Crippen molar-refractivity contribution in [3.8, 4) is 0 Å². The molecule has 0 fully saturated rings. The van der Waals surface area contributed by atoms with Crippen LogP contribution in [-0.4, -0.2) is 15.8 Å². The molecular formula is C16H19F3N4O. The van der Waals surface area contributed by atoms with Gasteiger partial charge in [0.05, 0.1) is 17.3 Å². The summed E-state index contributed by atoms with van der Waals surface area (Å²) in [5.41, 5.74) is 1.33. The number of aryl methyl sites for hydroxylation is 2. The molecule has 2 rings (SSSR count). The molecule has 1 atom stereocenters. The number of hydrogen-bond donors (Lipinski definition) is 2. The average molecular weight is 340 g/mol. The molecule has 0 aliphatic carbocycles. The number of nitrogens with one attached hydrogen (secondary N) is 2. The molecule has 2 aromatic rings. The molecule has 1 unspecified atom stereocenters. The summed E-state index contributed by atoms with van der Waals surface area (Å²) in [6.45, 7) is 3.66. The Hall–Kier alpha value is -2.51. The maximum atomic E-state index is 12.7. The van der Waals surface area contributed by atoms with Gasteiger partial charge in [0.15, 0.2) is 0 Å². The lowest BCUT2D eigenvalue weighted by molar-refractivity contribution is -0.137. The molecule has 130 valence electrons. The van der Waals surface area contributed by atoms with E-state index in [1.165, 1.54) is 12.1 Å². The van der Waals surface area contributed by atoms with Gasteiger partial charge in [-0.15, -0.1) is 0 Å². The SMILES string of the molecule is Cc1nn(C)cc1C(C)NC(=O)NCc1cccc(C(F)(F)F)c1. The summed E-state index contributed by atoms with van der Waals surface area (Å²) in [5.74, 6) is 0. The maximum Gasteiger partial charge on any atom is 0.416 e. The number of hydrogen-bond acceptors (Lipinski definition) is 2. The zero-order valence-corrected chi connectivity index (χ0v) is 13.6. The largest absolute Gasteiger partial charge is 0.416 e. The van der Waals surface area contributed by atoms with Gasteiger partial charge in [-0.3, -0.25) is 4.68 Å². The first-order valence-corrected chi connectivity index (χ1v) is 7.37. The summed E-state index contributed by atoms with van der Waals surface area (Å²) in [6, 6.07) is 4.15. The zero-order chi connectivity index (χ0) is 17.9. The van der Waals surface area contributed by atoms with Crippen molar-refractivity contribution < 1.29 is 18.0 Å². The molecule has 1 aromatic carbocycles. The minimum absolute atomic E-state index is 0.00843. The first kappa shape index (κ1) is 17.8. The van der Waals surface area contributed by atoms with Gasteiger partial charge in [-0.2, -0.15) is 18.3 Å². The van der Waals surface area contributed by atoms with Crippen molar-refractivity contribution in [1.82, 2.24) is 20.4 Å². The van der Waals surface area contributed by atoms with E-state index in [1.54, 1.807) is 11.7 Å². The third kappa shape index (κ3) is 4.50. The number of nitrogens with zero attached hydrogens (tertiary/aromatic N) is 2. The van der Waals surface area contributed by atoms with E-state index in [1.807, 2.05) is 20.0 Å². The van der Waals surface area contributed by atoms with E-state index < -0.39 is 17.8 Å². The second-order valence-electron chi connectivity index (χ2n) is 5.59. The number of urea groups is 1. The third-order valence-electron chi connectivity index (χ3n) is 3.57. The van der Waals surface area contributed by atoms with E-state index in [2.05, 4.69) is 15.7 Å². The number of carbonyl (C=O) groups excluding carboxylic acids is 1. The molecule has 1 heterocycles. The zero-order valence-electron chi connectivity index (χ0n) is 13.6. The van der Waals surface area contributed by atoms with Crippen LogP contribution in [0.5, 0.6) is 0 Å². The standard InChI is InChI=1S/C16H19F3N4O/c1-10(14-9-23(3)22-11(14)2)21-15(24)20-8-12-5-4-6-13(7-12)16(17,18)19/h4-7,9-10H,8H2,1-3H3,(H2,20,21,24). The Morgan fingerprint density at radius 3 is 2.67 bits per heavy atom. The van der Waals surface area contributed by atoms with E-state index in [0.29, 0.717) is 5.56 Å². The lowest BCUT2D eigenvalue weighted by Crippen LogP contribution is -2.36. The molecule has 24 heavy (non-hydrogen) atoms. The van der Waals surface area contributed by atoms with Gasteiger partial charge in [0.2, 0.25) is 0 Å². The quantitative estimate of drug-likeness (QED) is 0.897. The second-order valence-corrected chi connectivity index (χ2v) is 5.59. The van der Waals surface area contributed by atoms with Crippen molar-refractivity contribution in [2.45, 2.75) is 32.6 Å². The highest BCUT2D eigenvalue weighted by Gasteiger charge is 2.30. The second kappa shape index (κ2) is 6.94. The fraction of sp³-hybridized carbons (Fsp3) is 0.375. The van der Waals surface area contributed by atoms with Gasteiger partial charge in [0, 0.05) is 25.4 Å². The molecule has 0 aliphatic rings. The van der Waals surface area contributed by atoms with Gasteiger partial charge in [0.1, 0.15) is 0 Å². The minimum Gasteiger partial charge on any atom is -0.334 e. The number of halogens is 3. The summed E-state index contributed by atoms with van der Waals surface area (Å²) in [6.07, 6.45) is -2.59. The van der Waals surface area contributed by atoms with Crippen LogP contribution in [0.25, 0.3) is 0 Å². The van der Waals surface area contributed by atoms with E-state index in [4.69, 9.17) is 0 Å². The van der Waals surface area contributed by atoms with Crippen molar-refractivity contribution >= 4 is 6.03 Å². The van der Waals surface area contributed by atoms with Crippen LogP contribution in [0.3, 0.4) is 0 Å². The summed E-state index contributed by atoms with van der Waals surface area (Å²) in [7, 11) is 1.79. The lowest BCUT2D eigenvalue weighted by Gasteiger charge is -2.14. The Morgan fingerprint density at radius 1 is 1.38 bits per heavy atom. The molecular weight excluding hydrogens is 321 g/mol. The Balaban J connectivity index is 1.93. The third-order valence-corrected chi connectivity index (χ3v) is 3.57. The van der Waals surface area contributed by atoms with Gasteiger partial charge in [-0.05, 0) is 31.5 Å². The first-order chi connectivity index (χ1) is 11.2. The van der Waals surface area contributed by atoms with Gasteiger partial charge < -0.3 is 10.6 Å². The summed E-state index contributed by atoms with van der Waals surface area (Å²) < 4.78 is 39.6. The van der Waals surface area contributed by atoms with Crippen LogP contribution in [0.15, 0.2) is 30.5 Å². The average Bonchev–Trinajstić information content (AvgIpc) is 2.83. The molecule has 8 heteroatoms. The molecule has 0 saturated heterocycles. The molecule has 0 spiro atoms. The van der Waals surface area contributed by atoms with Crippen molar-refractivity contribution in [2.75, 3.05) is 0 Å². The van der Waals surface area contributed by atoms with Crippen LogP contribution in [0.4, 0.5) is 18.0 Å². The Kier molecular flexibility index (Phi) is 5.16. The predicted octanol–water partition coefficient (Wildman–Crippen LogP) is 3.31. The smallest absolute Gasteiger partial charge is 0.334 e. The highest BCUT2D eigenvalue weighted by molar-refractivity contribution is 5.74. The van der Waals surface area contributed by atoms with Crippen LogP contribution in [-0.2, 0) is 19.8 Å². The molecule has 2 N–H and O–H groups in total. The van der Waals surface area contributed by atoms with Gasteiger partial charge in [-0.1, -0.05) is 12.1 Å². The van der Waals surface area contributed by atoms with Crippen molar-refractivity contribution in [3.05, 3.63) is 52.8 Å². The molecule has 0 saturated carbocycles. The molecule has 5 nitrogen and oxygen atoms in total. The van der Waals surface area contributed by atoms with Gasteiger partial charge in [-0.25, -0.2) is 4.79 Å². The number of rotatable bonds is 4. The van der Waals surface area contributed by atoms with Crippen molar-refractivity contribution in [1.29, 1.82) is 0 Å². The molecule has 0 radical (unpaired) electrons. The number of aromatic nitrogens is 2. The lowest BCUT2D eigenvalue weighted by atomic mass is 10.1. The summed E-state index contributed by atoms with van der Waals surface area (Å²) >= 11 is 0. The van der Waals surface area contributed by atoms with E-state index in [9.17, 15) is 18.0 Å². The number of benzene rings is 1. The monoisotopic (exact) mass is 340 g/mol. The van der Waals surface area contributed by atoms with Crippen molar-refractivity contribution in [2.24, 2.45) is 7.05 Å². The number of amides is 2. The summed E-state index contributed by atoms with van der Waals surface area (Å²) in [4.78, 5) is 11.9. The topological polar surface area (TPSA) is 59.0 Å². The Bertz CT molecular complexity index is 724. The van der Waals surface area contributed by atoms with Crippen LogP contribution < -0.4 is 10.6 Å². The number of alkyl halides is 3. The summed E-state index contributed by atoms with van der Waals surface area (Å²) in [5, 5.41) is 9.50. The van der Waals surface area contributed by atoms with Gasteiger partial charge >= 0.3 is 12.2 Å². The van der Waals surface area contributed by atoms with Crippen LogP contribution in [0, 0.1) is 6.92 Å².